The molecule has 0 aliphatic heterocycles. The van der Waals surface area contributed by atoms with Gasteiger partial charge in [-0.2, -0.15) is 0 Å². The Morgan fingerprint density at radius 3 is 1.59 bits per heavy atom. The van der Waals surface area contributed by atoms with Gasteiger partial charge < -0.3 is 28.3 Å². The molecule has 6 nitrogen and oxygen atoms in total. The van der Waals surface area contributed by atoms with Gasteiger partial charge in [-0.15, -0.1) is 0 Å². The molecule has 0 spiro atoms. The summed E-state index contributed by atoms with van der Waals surface area (Å²) in [4.78, 5) is 9.79. The molecule has 0 amide bonds. The lowest BCUT2D eigenvalue weighted by Crippen LogP contribution is -2.45. The highest BCUT2D eigenvalue weighted by Gasteiger charge is 2.21. The van der Waals surface area contributed by atoms with Gasteiger partial charge in [0.15, 0.2) is 0 Å². The molecule has 3 atom stereocenters. The number of aliphatic hydroxyl groups excluding tert-OH is 1. The van der Waals surface area contributed by atoms with Crippen molar-refractivity contribution in [3.8, 4) is 0 Å². The zero-order chi connectivity index (χ0) is 24.1. The lowest BCUT2D eigenvalue weighted by molar-refractivity contribution is -0.894. The predicted molar refractivity (Wildman–Crippen MR) is 136 cm³/mol. The standard InChI is InChI=1S/C25H55NO5P/c1-6-7-8-9-10-11-12-13-14-15-16-17-18-19-20-29-22-25(27)23-31-32(28)30-21-24(2)26(3,4)5/h24-25,27-28H,6-23H2,1-5H3/q+1. The molecule has 32 heavy (non-hydrogen) atoms. The molecular formula is C25H55NO5P+. The van der Waals surface area contributed by atoms with Crippen LogP contribution in [0.15, 0.2) is 0 Å². The van der Waals surface area contributed by atoms with E-state index in [1.165, 1.54) is 83.5 Å². The van der Waals surface area contributed by atoms with Crippen molar-refractivity contribution in [1.29, 1.82) is 0 Å². The Morgan fingerprint density at radius 1 is 0.688 bits per heavy atom. The number of hydrogen-bond donors (Lipinski definition) is 2. The smallest absolute Gasteiger partial charge is 0.330 e. The molecule has 7 heteroatoms. The normalized spacial score (nSPS) is 15.1. The minimum atomic E-state index is -1.96. The van der Waals surface area contributed by atoms with E-state index in [0.29, 0.717) is 13.2 Å². The second-order valence-electron chi connectivity index (χ2n) is 10.1. The zero-order valence-electron chi connectivity index (χ0n) is 21.9. The highest BCUT2D eigenvalue weighted by molar-refractivity contribution is 7.40. The molecule has 0 aliphatic carbocycles. The predicted octanol–water partition coefficient (Wildman–Crippen LogP) is 6.19. The van der Waals surface area contributed by atoms with Crippen molar-refractivity contribution in [2.75, 3.05) is 47.6 Å². The van der Waals surface area contributed by atoms with Crippen molar-refractivity contribution >= 4 is 8.60 Å². The Hall–Kier alpha value is 0.190. The van der Waals surface area contributed by atoms with Crippen LogP contribution >= 0.6 is 8.60 Å². The first-order valence-electron chi connectivity index (χ1n) is 13.1. The number of nitrogens with zero attached hydrogens (tertiary/aromatic N) is 1. The molecule has 0 rings (SSSR count). The Balaban J connectivity index is 3.35. The van der Waals surface area contributed by atoms with Crippen LogP contribution in [0.2, 0.25) is 0 Å². The molecule has 0 aromatic carbocycles. The van der Waals surface area contributed by atoms with Gasteiger partial charge in [-0.1, -0.05) is 90.4 Å². The van der Waals surface area contributed by atoms with Gasteiger partial charge in [0.05, 0.1) is 34.4 Å². The number of aliphatic hydroxyl groups is 1. The molecule has 0 saturated carbocycles. The van der Waals surface area contributed by atoms with Gasteiger partial charge in [-0.25, -0.2) is 0 Å². The van der Waals surface area contributed by atoms with Crippen LogP contribution in [0.25, 0.3) is 0 Å². The largest absolute Gasteiger partial charge is 0.388 e. The maximum absolute atomic E-state index is 9.91. The number of quaternary nitrogens is 1. The van der Waals surface area contributed by atoms with Crippen LogP contribution in [0.4, 0.5) is 0 Å². The second kappa shape index (κ2) is 21.7. The highest BCUT2D eigenvalue weighted by atomic mass is 31.2. The second-order valence-corrected chi connectivity index (χ2v) is 11.1. The third kappa shape index (κ3) is 22.0. The van der Waals surface area contributed by atoms with Crippen molar-refractivity contribution in [3.05, 3.63) is 0 Å². The SMILES string of the molecule is CCCCCCCCCCCCCCCCOCC(O)COP(O)OCC(C)[N+](C)(C)C. The zero-order valence-corrected chi connectivity index (χ0v) is 22.8. The molecule has 194 valence electrons. The van der Waals surface area contributed by atoms with Gasteiger partial charge in [-0.05, 0) is 13.3 Å². The molecule has 0 radical (unpaired) electrons. The summed E-state index contributed by atoms with van der Waals surface area (Å²) in [6.07, 6.45) is 18.0. The maximum Gasteiger partial charge on any atom is 0.330 e. The molecule has 0 heterocycles. The van der Waals surface area contributed by atoms with Crippen molar-refractivity contribution in [1.82, 2.24) is 0 Å². The van der Waals surface area contributed by atoms with Crippen LogP contribution in [-0.4, -0.2) is 74.2 Å². The molecule has 0 aliphatic rings. The number of ether oxygens (including phenoxy) is 1. The van der Waals surface area contributed by atoms with Crippen LogP contribution < -0.4 is 0 Å². The molecule has 3 unspecified atom stereocenters. The molecule has 0 aromatic rings. The van der Waals surface area contributed by atoms with E-state index in [1.807, 2.05) is 0 Å². The Morgan fingerprint density at radius 2 is 1.12 bits per heavy atom. The third-order valence-corrected chi connectivity index (χ3v) is 6.82. The molecular weight excluding hydrogens is 425 g/mol. The summed E-state index contributed by atoms with van der Waals surface area (Å²) in [6.45, 7) is 5.67. The Labute approximate surface area is 200 Å². The number of rotatable bonds is 24. The molecule has 2 N–H and O–H groups in total. The van der Waals surface area contributed by atoms with Crippen LogP contribution in [0.1, 0.15) is 104 Å². The first-order chi connectivity index (χ1) is 15.3. The monoisotopic (exact) mass is 480 g/mol. The van der Waals surface area contributed by atoms with Gasteiger partial charge in [0.25, 0.3) is 0 Å². The summed E-state index contributed by atoms with van der Waals surface area (Å²) in [5.41, 5.74) is 0. The van der Waals surface area contributed by atoms with Gasteiger partial charge in [0.1, 0.15) is 18.8 Å². The van der Waals surface area contributed by atoms with Crippen molar-refractivity contribution in [3.63, 3.8) is 0 Å². The summed E-state index contributed by atoms with van der Waals surface area (Å²) in [6, 6.07) is 0.245. The van der Waals surface area contributed by atoms with Gasteiger partial charge >= 0.3 is 8.60 Å². The van der Waals surface area contributed by atoms with E-state index in [0.717, 1.165) is 10.9 Å². The fourth-order valence-corrected chi connectivity index (χ4v) is 3.97. The lowest BCUT2D eigenvalue weighted by atomic mass is 10.0. The average molecular weight is 481 g/mol. The Bertz CT molecular complexity index is 395. The minimum absolute atomic E-state index is 0.0275. The molecule has 0 aromatic heterocycles. The first kappa shape index (κ1) is 32.2. The summed E-state index contributed by atoms with van der Waals surface area (Å²) in [5.74, 6) is 0. The van der Waals surface area contributed by atoms with Gasteiger partial charge in [0.2, 0.25) is 0 Å². The molecule has 0 bridgehead atoms. The number of likely N-dealkylation sites (N-methyl/N-ethyl adjacent to an activating group) is 1. The Kier molecular flexibility index (Phi) is 21.8. The van der Waals surface area contributed by atoms with E-state index in [4.69, 9.17) is 13.8 Å². The molecule has 0 saturated heterocycles. The van der Waals surface area contributed by atoms with E-state index >= 15 is 0 Å². The highest BCUT2D eigenvalue weighted by Crippen LogP contribution is 2.33. The fraction of sp³-hybridized carbons (Fsp3) is 1.00. The van der Waals surface area contributed by atoms with Crippen LogP contribution in [0.3, 0.4) is 0 Å². The summed E-state index contributed by atoms with van der Waals surface area (Å²) in [5, 5.41) is 9.91. The lowest BCUT2D eigenvalue weighted by Gasteiger charge is -2.31. The first-order valence-corrected chi connectivity index (χ1v) is 14.2. The van der Waals surface area contributed by atoms with E-state index in [1.54, 1.807) is 0 Å². The van der Waals surface area contributed by atoms with Crippen LogP contribution in [-0.2, 0) is 13.8 Å². The summed E-state index contributed by atoms with van der Waals surface area (Å²) < 4.78 is 16.8. The van der Waals surface area contributed by atoms with Crippen LogP contribution in [0.5, 0.6) is 0 Å². The van der Waals surface area contributed by atoms with Gasteiger partial charge in [-0.3, -0.25) is 0 Å². The van der Waals surface area contributed by atoms with Crippen LogP contribution in [0, 0.1) is 0 Å². The maximum atomic E-state index is 9.91. The summed E-state index contributed by atoms with van der Waals surface area (Å²) >= 11 is 0. The van der Waals surface area contributed by atoms with Crippen molar-refractivity contribution in [2.24, 2.45) is 0 Å². The van der Waals surface area contributed by atoms with E-state index in [9.17, 15) is 10.00 Å². The topological polar surface area (TPSA) is 68.2 Å². The summed E-state index contributed by atoms with van der Waals surface area (Å²) in [7, 11) is 4.27. The third-order valence-electron chi connectivity index (χ3n) is 6.08. The number of unbranched alkanes of at least 4 members (excludes halogenated alkanes) is 13. The molecule has 0 fully saturated rings. The van der Waals surface area contributed by atoms with Crippen molar-refractivity contribution < 1.29 is 28.3 Å². The number of hydrogen-bond acceptors (Lipinski definition) is 5. The van der Waals surface area contributed by atoms with E-state index in [-0.39, 0.29) is 19.3 Å². The fourth-order valence-electron chi connectivity index (χ4n) is 3.25. The van der Waals surface area contributed by atoms with Gasteiger partial charge in [0, 0.05) is 6.61 Å². The van der Waals surface area contributed by atoms with E-state index < -0.39 is 14.7 Å². The van der Waals surface area contributed by atoms with Crippen molar-refractivity contribution in [2.45, 2.75) is 116 Å². The quantitative estimate of drug-likeness (QED) is 0.0979. The average Bonchev–Trinajstić information content (AvgIpc) is 2.75. The van der Waals surface area contributed by atoms with E-state index in [2.05, 4.69) is 35.0 Å². The minimum Gasteiger partial charge on any atom is -0.388 e.